The van der Waals surface area contributed by atoms with Gasteiger partial charge in [0.15, 0.2) is 11.6 Å². The lowest BCUT2D eigenvalue weighted by atomic mass is 9.93. The summed E-state index contributed by atoms with van der Waals surface area (Å²) in [6, 6.07) is 5.69. The number of anilines is 4. The largest absolute Gasteiger partial charge is 0.489 e. The van der Waals surface area contributed by atoms with Gasteiger partial charge < -0.3 is 30.3 Å². The minimum Gasteiger partial charge on any atom is -0.489 e. The zero-order valence-corrected chi connectivity index (χ0v) is 28.9. The number of nitrogens with zero attached hydrogens (tertiary/aromatic N) is 3. The molecule has 2 atom stereocenters. The quantitative estimate of drug-likeness (QED) is 0.268. The molecule has 2 aromatic rings. The summed E-state index contributed by atoms with van der Waals surface area (Å²) in [7, 11) is -3.91. The van der Waals surface area contributed by atoms with E-state index < -0.39 is 39.6 Å². The molecule has 0 bridgehead atoms. The zero-order chi connectivity index (χ0) is 35.0. The highest BCUT2D eigenvalue weighted by Gasteiger charge is 2.45. The van der Waals surface area contributed by atoms with E-state index in [1.807, 2.05) is 13.8 Å². The van der Waals surface area contributed by atoms with Crippen molar-refractivity contribution in [2.24, 2.45) is 17.1 Å². The number of nitrogens with one attached hydrogen (secondary N) is 2. The molecule has 1 aromatic heterocycles. The predicted octanol–water partition coefficient (Wildman–Crippen LogP) is 4.54. The molecule has 4 aliphatic rings. The Morgan fingerprint density at radius 1 is 1.06 bits per heavy atom. The molecule has 3 fully saturated rings. The second-order valence-corrected chi connectivity index (χ2v) is 15.8. The van der Waals surface area contributed by atoms with Crippen molar-refractivity contribution in [2.45, 2.75) is 77.2 Å². The standard InChI is InChI=1S/C34H46F2N6O6S/c1-3-22(2)28(37)32(44)48-18-19-49(45,46)40-24-4-5-25(26(21-24)41-13-9-33(7-8-33)10-14-41)31(43)39-27-20-23-6-17-47-29(23)30(38-27)42-15-11-34(35,36)12-16-42/h4-5,20-22,28,40H,3,6-19,37H2,1-2H3,(H,38,39,43)/t22?,28-/m1/s1. The number of ether oxygens (including phenoxy) is 2. The van der Waals surface area contributed by atoms with Crippen molar-refractivity contribution in [1.82, 2.24) is 4.98 Å². The first-order valence-electron chi connectivity index (χ1n) is 17.2. The average molecular weight is 705 g/mol. The van der Waals surface area contributed by atoms with Crippen molar-refractivity contribution in [2.75, 3.05) is 65.0 Å². The van der Waals surface area contributed by atoms with Gasteiger partial charge >= 0.3 is 5.97 Å². The van der Waals surface area contributed by atoms with Crippen LogP contribution in [0.1, 0.15) is 74.7 Å². The molecule has 12 nitrogen and oxygen atoms in total. The third-order valence-electron chi connectivity index (χ3n) is 10.4. The number of amides is 1. The van der Waals surface area contributed by atoms with Crippen molar-refractivity contribution in [3.63, 3.8) is 0 Å². The molecule has 1 spiro atoms. The van der Waals surface area contributed by atoms with E-state index in [9.17, 15) is 26.8 Å². The molecule has 268 valence electrons. The highest BCUT2D eigenvalue weighted by molar-refractivity contribution is 7.92. The van der Waals surface area contributed by atoms with Gasteiger partial charge in [-0.05, 0) is 61.3 Å². The van der Waals surface area contributed by atoms with Gasteiger partial charge in [-0.2, -0.15) is 0 Å². The van der Waals surface area contributed by atoms with Gasteiger partial charge in [0.25, 0.3) is 11.8 Å². The van der Waals surface area contributed by atoms with Gasteiger partial charge in [0.05, 0.1) is 23.5 Å². The number of fused-ring (bicyclic) bond motifs is 1. The van der Waals surface area contributed by atoms with E-state index in [0.29, 0.717) is 47.7 Å². The maximum Gasteiger partial charge on any atom is 0.323 e. The number of rotatable bonds is 12. The van der Waals surface area contributed by atoms with E-state index in [1.165, 1.54) is 18.9 Å². The second-order valence-electron chi connectivity index (χ2n) is 13.9. The first kappa shape index (κ1) is 35.1. The van der Waals surface area contributed by atoms with Crippen LogP contribution in [0, 0.1) is 11.3 Å². The normalized spacial score (nSPS) is 20.6. The molecule has 1 aromatic carbocycles. The number of alkyl halides is 2. The Bertz CT molecular complexity index is 1670. The Morgan fingerprint density at radius 3 is 2.43 bits per heavy atom. The van der Waals surface area contributed by atoms with E-state index >= 15 is 0 Å². The summed E-state index contributed by atoms with van der Waals surface area (Å²) in [5.74, 6) is -3.04. The van der Waals surface area contributed by atoms with Crippen molar-refractivity contribution in [1.29, 1.82) is 0 Å². The van der Waals surface area contributed by atoms with E-state index in [0.717, 1.165) is 31.5 Å². The Kier molecular flexibility index (Phi) is 9.95. The van der Waals surface area contributed by atoms with Crippen LogP contribution in [0.25, 0.3) is 0 Å². The lowest BCUT2D eigenvalue weighted by Crippen LogP contribution is -2.40. The molecule has 1 aliphatic carbocycles. The first-order valence-corrected chi connectivity index (χ1v) is 18.8. The van der Waals surface area contributed by atoms with Gasteiger partial charge in [0, 0.05) is 51.0 Å². The number of pyridine rings is 1. The van der Waals surface area contributed by atoms with Crippen LogP contribution in [0.15, 0.2) is 24.3 Å². The lowest BCUT2D eigenvalue weighted by molar-refractivity contribution is -0.145. The monoisotopic (exact) mass is 704 g/mol. The van der Waals surface area contributed by atoms with Crippen molar-refractivity contribution < 1.29 is 36.3 Å². The number of hydrogen-bond donors (Lipinski definition) is 3. The SMILES string of the molecule is CCC(C)[C@@H](N)C(=O)OCCS(=O)(=O)Nc1ccc(C(=O)Nc2cc3c(c(N4CCC(F)(F)CC4)n2)OCC3)c(N2CCC3(CC2)CC3)c1. The Balaban J connectivity index is 1.19. The van der Waals surface area contributed by atoms with Crippen LogP contribution in [-0.4, -0.2) is 82.4 Å². The molecular weight excluding hydrogens is 658 g/mol. The van der Waals surface area contributed by atoms with Crippen LogP contribution in [0.3, 0.4) is 0 Å². The molecule has 4 heterocycles. The fourth-order valence-electron chi connectivity index (χ4n) is 6.70. The van der Waals surface area contributed by atoms with E-state index in [2.05, 4.69) is 19.9 Å². The maximum absolute atomic E-state index is 13.9. The summed E-state index contributed by atoms with van der Waals surface area (Å²) < 4.78 is 67.3. The van der Waals surface area contributed by atoms with Crippen molar-refractivity contribution in [3.8, 4) is 5.75 Å². The molecule has 1 saturated carbocycles. The number of nitrogens with two attached hydrogens (primary N) is 1. The fourth-order valence-corrected chi connectivity index (χ4v) is 7.59. The van der Waals surface area contributed by atoms with Crippen LogP contribution in [-0.2, 0) is 26.0 Å². The number of sulfonamides is 1. The lowest BCUT2D eigenvalue weighted by Gasteiger charge is -2.35. The molecule has 1 amide bonds. The molecule has 1 unspecified atom stereocenters. The number of benzene rings is 1. The van der Waals surface area contributed by atoms with Crippen LogP contribution in [0.2, 0.25) is 0 Å². The summed E-state index contributed by atoms with van der Waals surface area (Å²) in [4.78, 5) is 34.7. The van der Waals surface area contributed by atoms with Crippen LogP contribution >= 0.6 is 0 Å². The van der Waals surface area contributed by atoms with Gasteiger partial charge in [-0.25, -0.2) is 22.2 Å². The molecule has 0 radical (unpaired) electrons. The van der Waals surface area contributed by atoms with Gasteiger partial charge in [-0.15, -0.1) is 0 Å². The van der Waals surface area contributed by atoms with Gasteiger partial charge in [-0.3, -0.25) is 14.3 Å². The number of halogens is 2. The Hall–Kier alpha value is -3.72. The minimum atomic E-state index is -3.91. The zero-order valence-electron chi connectivity index (χ0n) is 28.1. The summed E-state index contributed by atoms with van der Waals surface area (Å²) >= 11 is 0. The molecule has 15 heteroatoms. The fraction of sp³-hybridized carbons (Fsp3) is 0.618. The number of carbonyl (C=O) groups is 2. The first-order chi connectivity index (χ1) is 23.3. The smallest absolute Gasteiger partial charge is 0.323 e. The molecule has 4 N–H and O–H groups in total. The number of aromatic nitrogens is 1. The summed E-state index contributed by atoms with van der Waals surface area (Å²) in [5, 5.41) is 2.91. The maximum atomic E-state index is 13.9. The molecule has 3 aliphatic heterocycles. The molecule has 2 saturated heterocycles. The van der Waals surface area contributed by atoms with E-state index in [4.69, 9.17) is 15.2 Å². The number of esters is 1. The third kappa shape index (κ3) is 8.19. The summed E-state index contributed by atoms with van der Waals surface area (Å²) in [6.07, 6.45) is 5.10. The summed E-state index contributed by atoms with van der Waals surface area (Å²) in [6.45, 7) is 5.52. The van der Waals surface area contributed by atoms with Gasteiger partial charge in [0.1, 0.15) is 24.2 Å². The molecular formula is C34H46F2N6O6S. The number of piperidine rings is 2. The van der Waals surface area contributed by atoms with Gasteiger partial charge in [-0.1, -0.05) is 20.3 Å². The predicted molar refractivity (Wildman–Crippen MR) is 183 cm³/mol. The van der Waals surface area contributed by atoms with Crippen LogP contribution in [0.5, 0.6) is 5.75 Å². The molecule has 49 heavy (non-hydrogen) atoms. The van der Waals surface area contributed by atoms with Gasteiger partial charge in [0.2, 0.25) is 10.0 Å². The van der Waals surface area contributed by atoms with Crippen molar-refractivity contribution >= 4 is 44.9 Å². The van der Waals surface area contributed by atoms with E-state index in [1.54, 1.807) is 23.1 Å². The third-order valence-corrected chi connectivity index (χ3v) is 11.7. The summed E-state index contributed by atoms with van der Waals surface area (Å²) in [5.41, 5.74) is 8.33. The van der Waals surface area contributed by atoms with Crippen LogP contribution < -0.4 is 30.3 Å². The highest BCUT2D eigenvalue weighted by atomic mass is 32.2. The van der Waals surface area contributed by atoms with Crippen LogP contribution in [0.4, 0.5) is 31.8 Å². The number of hydrogen-bond acceptors (Lipinski definition) is 10. The average Bonchev–Trinajstić information content (AvgIpc) is 3.64. The van der Waals surface area contributed by atoms with E-state index in [-0.39, 0.29) is 50.0 Å². The second kappa shape index (κ2) is 13.9. The highest BCUT2D eigenvalue weighted by Crippen LogP contribution is 2.54. The Morgan fingerprint density at radius 2 is 1.76 bits per heavy atom. The van der Waals surface area contributed by atoms with Crippen molar-refractivity contribution in [3.05, 3.63) is 35.4 Å². The molecule has 6 rings (SSSR count). The Labute approximate surface area is 286 Å². The minimum absolute atomic E-state index is 0.0963. The topological polar surface area (TPSA) is 156 Å². The number of carbonyl (C=O) groups excluding carboxylic acids is 2.